The Morgan fingerprint density at radius 3 is 2.37 bits per heavy atom. The number of aromatic amines is 1. The van der Waals surface area contributed by atoms with E-state index in [1.165, 1.54) is 12.1 Å². The Bertz CT molecular complexity index is 1270. The minimum atomic E-state index is -0.590. The van der Waals surface area contributed by atoms with Crippen LogP contribution in [0.2, 0.25) is 5.02 Å². The molecule has 1 aromatic heterocycles. The van der Waals surface area contributed by atoms with E-state index >= 15 is 0 Å². The fraction of sp³-hybridized carbons (Fsp3) is 0.370. The smallest absolute Gasteiger partial charge is 0.316 e. The van der Waals surface area contributed by atoms with Gasteiger partial charge in [0.25, 0.3) is 11.8 Å². The van der Waals surface area contributed by atoms with E-state index < -0.39 is 5.41 Å². The third kappa shape index (κ3) is 4.41. The van der Waals surface area contributed by atoms with Gasteiger partial charge in [0.2, 0.25) is 0 Å². The number of halogens is 1. The van der Waals surface area contributed by atoms with Crippen molar-refractivity contribution >= 4 is 40.3 Å². The van der Waals surface area contributed by atoms with Crippen LogP contribution < -0.4 is 5.43 Å². The molecule has 0 aliphatic heterocycles. The average Bonchev–Trinajstić information content (AvgIpc) is 3.64. The van der Waals surface area contributed by atoms with Gasteiger partial charge in [0.15, 0.2) is 0 Å². The van der Waals surface area contributed by atoms with Crippen molar-refractivity contribution in [3.05, 3.63) is 70.4 Å². The molecule has 1 heterocycles. The SMILES string of the molecule is COC(=O)C1(c2ccc(C(=O)N(NC(=O)c3ccc4c(Cl)c[nH]c4c3)C3CCCCC3)cc2)CC1. The third-order valence-electron chi connectivity index (χ3n) is 7.28. The molecule has 7 nitrogen and oxygen atoms in total. The van der Waals surface area contributed by atoms with Crippen LogP contribution in [0.1, 0.15) is 71.2 Å². The number of amides is 2. The van der Waals surface area contributed by atoms with Crippen LogP contribution in [-0.2, 0) is 14.9 Å². The molecule has 0 atom stereocenters. The van der Waals surface area contributed by atoms with E-state index in [0.29, 0.717) is 16.1 Å². The van der Waals surface area contributed by atoms with Crippen LogP contribution in [0.4, 0.5) is 0 Å². The first-order valence-electron chi connectivity index (χ1n) is 12.0. The van der Waals surface area contributed by atoms with Crippen LogP contribution in [0.25, 0.3) is 10.9 Å². The summed E-state index contributed by atoms with van der Waals surface area (Å²) in [5.74, 6) is -0.854. The predicted octanol–water partition coefficient (Wildman–Crippen LogP) is 5.15. The quantitative estimate of drug-likeness (QED) is 0.380. The van der Waals surface area contributed by atoms with E-state index in [1.807, 2.05) is 12.1 Å². The van der Waals surface area contributed by atoms with Gasteiger partial charge in [-0.05, 0) is 55.5 Å². The highest BCUT2D eigenvalue weighted by Crippen LogP contribution is 2.49. The average molecular weight is 494 g/mol. The number of hydrogen-bond acceptors (Lipinski definition) is 4. The van der Waals surface area contributed by atoms with E-state index in [1.54, 1.807) is 36.5 Å². The second-order valence-electron chi connectivity index (χ2n) is 9.46. The summed E-state index contributed by atoms with van der Waals surface area (Å²) in [6.45, 7) is 0. The predicted molar refractivity (Wildman–Crippen MR) is 133 cm³/mol. The van der Waals surface area contributed by atoms with Crippen LogP contribution in [-0.4, -0.2) is 40.9 Å². The Hall–Kier alpha value is -3.32. The Morgan fingerprint density at radius 2 is 1.71 bits per heavy atom. The van der Waals surface area contributed by atoms with Gasteiger partial charge < -0.3 is 9.72 Å². The van der Waals surface area contributed by atoms with Crippen LogP contribution in [0.5, 0.6) is 0 Å². The lowest BCUT2D eigenvalue weighted by molar-refractivity contribution is -0.143. The fourth-order valence-electron chi connectivity index (χ4n) is 5.06. The van der Waals surface area contributed by atoms with Gasteiger partial charge in [0, 0.05) is 28.2 Å². The first kappa shape index (κ1) is 23.4. The van der Waals surface area contributed by atoms with Gasteiger partial charge in [0.1, 0.15) is 0 Å². The summed E-state index contributed by atoms with van der Waals surface area (Å²) in [5, 5.41) is 2.92. The maximum atomic E-state index is 13.6. The fourth-order valence-corrected chi connectivity index (χ4v) is 5.27. The van der Waals surface area contributed by atoms with Crippen molar-refractivity contribution in [2.24, 2.45) is 0 Å². The molecule has 5 rings (SSSR count). The maximum Gasteiger partial charge on any atom is 0.316 e. The molecular weight excluding hydrogens is 466 g/mol. The minimum Gasteiger partial charge on any atom is -0.468 e. The highest BCUT2D eigenvalue weighted by molar-refractivity contribution is 6.35. The van der Waals surface area contributed by atoms with E-state index in [4.69, 9.17) is 16.3 Å². The number of aromatic nitrogens is 1. The zero-order valence-electron chi connectivity index (χ0n) is 19.6. The van der Waals surface area contributed by atoms with E-state index in [9.17, 15) is 14.4 Å². The summed E-state index contributed by atoms with van der Waals surface area (Å²) in [6, 6.07) is 12.3. The molecule has 182 valence electrons. The maximum absolute atomic E-state index is 13.6. The Kier molecular flexibility index (Phi) is 6.28. The molecule has 8 heteroatoms. The molecular formula is C27H28ClN3O4. The number of carbonyl (C=O) groups is 3. The van der Waals surface area contributed by atoms with Crippen LogP contribution in [0.15, 0.2) is 48.7 Å². The molecule has 2 aliphatic carbocycles. The molecule has 0 spiro atoms. The molecule has 2 fully saturated rings. The normalized spacial score (nSPS) is 17.1. The highest BCUT2D eigenvalue weighted by Gasteiger charge is 2.52. The highest BCUT2D eigenvalue weighted by atomic mass is 35.5. The van der Waals surface area contributed by atoms with E-state index in [2.05, 4.69) is 10.4 Å². The summed E-state index contributed by atoms with van der Waals surface area (Å²) >= 11 is 6.16. The van der Waals surface area contributed by atoms with Crippen molar-refractivity contribution < 1.29 is 19.1 Å². The Balaban J connectivity index is 1.38. The number of benzene rings is 2. The number of methoxy groups -OCH3 is 1. The number of nitrogens with one attached hydrogen (secondary N) is 2. The molecule has 0 unspecified atom stereocenters. The number of rotatable bonds is 5. The topological polar surface area (TPSA) is 91.5 Å². The van der Waals surface area contributed by atoms with Crippen LogP contribution in [0, 0.1) is 0 Å². The molecule has 2 aliphatic rings. The number of hydrogen-bond donors (Lipinski definition) is 2. The van der Waals surface area contributed by atoms with Crippen molar-refractivity contribution in [1.82, 2.24) is 15.4 Å². The largest absolute Gasteiger partial charge is 0.468 e. The summed E-state index contributed by atoms with van der Waals surface area (Å²) in [6.07, 6.45) is 7.99. The van der Waals surface area contributed by atoms with Gasteiger partial charge in [0.05, 0.1) is 23.6 Å². The van der Waals surface area contributed by atoms with Gasteiger partial charge >= 0.3 is 5.97 Å². The minimum absolute atomic E-state index is 0.0756. The van der Waals surface area contributed by atoms with E-state index in [-0.39, 0.29) is 23.8 Å². The molecule has 2 aromatic carbocycles. The van der Waals surface area contributed by atoms with Gasteiger partial charge in [-0.2, -0.15) is 0 Å². The summed E-state index contributed by atoms with van der Waals surface area (Å²) in [5.41, 5.74) is 4.81. The van der Waals surface area contributed by atoms with Crippen molar-refractivity contribution in [1.29, 1.82) is 0 Å². The third-order valence-corrected chi connectivity index (χ3v) is 7.60. The Morgan fingerprint density at radius 1 is 1.03 bits per heavy atom. The lowest BCUT2D eigenvalue weighted by Gasteiger charge is -2.34. The zero-order chi connectivity index (χ0) is 24.6. The molecule has 0 saturated heterocycles. The molecule has 2 N–H and O–H groups in total. The number of H-pyrrole nitrogens is 1. The Labute approximate surface area is 208 Å². The molecule has 0 bridgehead atoms. The van der Waals surface area contributed by atoms with Crippen molar-refractivity contribution in [2.45, 2.75) is 56.4 Å². The molecule has 2 amide bonds. The summed E-state index contributed by atoms with van der Waals surface area (Å²) in [4.78, 5) is 42.0. The van der Waals surface area contributed by atoms with Gasteiger partial charge in [-0.15, -0.1) is 0 Å². The van der Waals surface area contributed by atoms with E-state index in [0.717, 1.165) is 61.4 Å². The number of hydrazine groups is 1. The summed E-state index contributed by atoms with van der Waals surface area (Å²) in [7, 11) is 1.40. The van der Waals surface area contributed by atoms with Crippen molar-refractivity contribution in [2.75, 3.05) is 7.11 Å². The van der Waals surface area contributed by atoms with Crippen molar-refractivity contribution in [3.8, 4) is 0 Å². The number of fused-ring (bicyclic) bond motifs is 1. The van der Waals surface area contributed by atoms with Crippen LogP contribution >= 0.6 is 11.6 Å². The summed E-state index contributed by atoms with van der Waals surface area (Å²) < 4.78 is 4.97. The second-order valence-corrected chi connectivity index (χ2v) is 9.86. The monoisotopic (exact) mass is 493 g/mol. The lowest BCUT2D eigenvalue weighted by Crippen LogP contribution is -2.52. The number of ether oxygens (including phenoxy) is 1. The van der Waals surface area contributed by atoms with Crippen LogP contribution in [0.3, 0.4) is 0 Å². The number of carbonyl (C=O) groups excluding carboxylic acids is 3. The zero-order valence-corrected chi connectivity index (χ0v) is 20.4. The van der Waals surface area contributed by atoms with Gasteiger partial charge in [-0.3, -0.25) is 19.8 Å². The molecule has 2 saturated carbocycles. The molecule has 0 radical (unpaired) electrons. The van der Waals surface area contributed by atoms with Gasteiger partial charge in [-0.25, -0.2) is 5.01 Å². The molecule has 3 aromatic rings. The first-order chi connectivity index (χ1) is 16.9. The first-order valence-corrected chi connectivity index (χ1v) is 12.4. The number of esters is 1. The van der Waals surface area contributed by atoms with Gasteiger partial charge in [-0.1, -0.05) is 49.1 Å². The standard InChI is InChI=1S/C27H28ClN3O4/c1-35-26(34)27(13-14-27)19-10-7-17(8-11-19)25(33)31(20-5-3-2-4-6-20)30-24(32)18-9-12-21-22(28)16-29-23(21)15-18/h7-12,15-16,20,29H,2-6,13-14H2,1H3,(H,30,32). The lowest BCUT2D eigenvalue weighted by atomic mass is 9.93. The second kappa shape index (κ2) is 9.38. The molecule has 35 heavy (non-hydrogen) atoms. The van der Waals surface area contributed by atoms with Crippen molar-refractivity contribution in [3.63, 3.8) is 0 Å². The number of nitrogens with zero attached hydrogens (tertiary/aromatic N) is 1.